The molecule has 0 amide bonds. The Hall–Kier alpha value is -4.76. The molecule has 0 spiro atoms. The van der Waals surface area contributed by atoms with Crippen LogP contribution in [0.25, 0.3) is 27.7 Å². The molecule has 2 heterocycles. The summed E-state index contributed by atoms with van der Waals surface area (Å²) in [6.45, 7) is 13.9. The zero-order valence-electron chi connectivity index (χ0n) is 24.3. The summed E-state index contributed by atoms with van der Waals surface area (Å²) in [5.74, 6) is 1.64. The van der Waals surface area contributed by atoms with Gasteiger partial charge < -0.3 is 5.73 Å². The van der Waals surface area contributed by atoms with Crippen molar-refractivity contribution in [3.05, 3.63) is 99.5 Å². The number of benzene rings is 3. The average molecular weight is 576 g/mol. The smallest absolute Gasteiger partial charge is 0.263 e. The second-order valence-electron chi connectivity index (χ2n) is 9.85. The lowest BCUT2D eigenvalue weighted by molar-refractivity contribution is 0.661. The van der Waals surface area contributed by atoms with Gasteiger partial charge >= 0.3 is 0 Å². The number of nitrogens with zero attached hydrogens (tertiary/aromatic N) is 6. The molecule has 8 nitrogen and oxygen atoms in total. The number of para-hydroxylation sites is 1. The Balaban J connectivity index is 1.78. The molecule has 0 aliphatic heterocycles. The molecular formula is C33H33N7OS. The van der Waals surface area contributed by atoms with E-state index in [4.69, 9.17) is 10.8 Å². The Morgan fingerprint density at radius 1 is 1.00 bits per heavy atom. The van der Waals surface area contributed by atoms with Crippen LogP contribution in [0.2, 0.25) is 0 Å². The number of aliphatic imine (C=N–C) groups is 3. The maximum atomic E-state index is 14.1. The van der Waals surface area contributed by atoms with E-state index in [1.165, 1.54) is 0 Å². The standard InChI is InChI=1S/C33H33N7OS/c1-7-42-27-18-23(15-16-25(27)35-4)30-29(31(34)36-5)32(37-6)39(38-30)19-24-17-22-13-10-12-21(3)28(22)33(41)40(24)26-14-9-8-11-20(26)2/h8-18H,4,6-7,19H2,1-3,5H3,(H2,34,36). The van der Waals surface area contributed by atoms with E-state index >= 15 is 0 Å². The van der Waals surface area contributed by atoms with Gasteiger partial charge in [0.05, 0.1) is 28.9 Å². The minimum Gasteiger partial charge on any atom is -0.383 e. The SMILES string of the molecule is C=Nc1ccc(-c2nn(Cc3cc4cccc(C)c4c(=O)n3-c3ccccc3C)c(N=C)c2C(N)=NC)cc1SCC. The van der Waals surface area contributed by atoms with E-state index in [0.29, 0.717) is 28.3 Å². The summed E-state index contributed by atoms with van der Waals surface area (Å²) < 4.78 is 3.52. The Morgan fingerprint density at radius 3 is 2.45 bits per heavy atom. The highest BCUT2D eigenvalue weighted by Gasteiger charge is 2.24. The molecule has 212 valence electrons. The van der Waals surface area contributed by atoms with Crippen LogP contribution in [0.3, 0.4) is 0 Å². The summed E-state index contributed by atoms with van der Waals surface area (Å²) in [5, 5.41) is 6.56. The normalized spacial score (nSPS) is 11.7. The molecule has 0 atom stereocenters. The van der Waals surface area contributed by atoms with Gasteiger partial charge in [0.1, 0.15) is 11.5 Å². The van der Waals surface area contributed by atoms with Crippen molar-refractivity contribution in [2.24, 2.45) is 20.7 Å². The minimum atomic E-state index is -0.0843. The van der Waals surface area contributed by atoms with Gasteiger partial charge in [0.2, 0.25) is 0 Å². The summed E-state index contributed by atoms with van der Waals surface area (Å²) in [6.07, 6.45) is 0. The molecule has 2 N–H and O–H groups in total. The summed E-state index contributed by atoms with van der Waals surface area (Å²) in [4.78, 5) is 27.9. The van der Waals surface area contributed by atoms with Crippen molar-refractivity contribution >= 4 is 53.3 Å². The molecule has 0 unspecified atom stereocenters. The number of rotatable bonds is 9. The van der Waals surface area contributed by atoms with Gasteiger partial charge in [-0.15, -0.1) is 11.8 Å². The number of aromatic nitrogens is 3. The highest BCUT2D eigenvalue weighted by Crippen LogP contribution is 2.37. The second kappa shape index (κ2) is 12.0. The summed E-state index contributed by atoms with van der Waals surface area (Å²) in [7, 11) is 1.63. The summed E-state index contributed by atoms with van der Waals surface area (Å²) >= 11 is 1.68. The van der Waals surface area contributed by atoms with Crippen LogP contribution in [0.4, 0.5) is 11.5 Å². The molecule has 0 aliphatic carbocycles. The van der Waals surface area contributed by atoms with E-state index < -0.39 is 0 Å². The number of pyridine rings is 1. The lowest BCUT2D eigenvalue weighted by atomic mass is 10.1. The van der Waals surface area contributed by atoms with Crippen LogP contribution < -0.4 is 11.3 Å². The molecule has 0 bridgehead atoms. The lowest BCUT2D eigenvalue weighted by Crippen LogP contribution is -2.25. The molecule has 0 fully saturated rings. The van der Waals surface area contributed by atoms with Gasteiger partial charge in [0.15, 0.2) is 5.82 Å². The average Bonchev–Trinajstić information content (AvgIpc) is 3.35. The zero-order chi connectivity index (χ0) is 30.0. The third-order valence-corrected chi connectivity index (χ3v) is 8.20. The molecule has 5 rings (SSSR count). The van der Waals surface area contributed by atoms with Gasteiger partial charge in [-0.05, 0) is 73.8 Å². The van der Waals surface area contributed by atoms with Crippen molar-refractivity contribution in [3.63, 3.8) is 0 Å². The highest BCUT2D eigenvalue weighted by atomic mass is 32.2. The van der Waals surface area contributed by atoms with Gasteiger partial charge in [-0.25, -0.2) is 9.67 Å². The number of thioether (sulfide) groups is 1. The van der Waals surface area contributed by atoms with Crippen LogP contribution in [0.15, 0.2) is 91.4 Å². The third-order valence-electron chi connectivity index (χ3n) is 7.28. The number of amidine groups is 1. The van der Waals surface area contributed by atoms with Gasteiger partial charge in [-0.1, -0.05) is 49.4 Å². The highest BCUT2D eigenvalue weighted by molar-refractivity contribution is 7.99. The number of aryl methyl sites for hydroxylation is 2. The largest absolute Gasteiger partial charge is 0.383 e. The van der Waals surface area contributed by atoms with E-state index in [9.17, 15) is 4.79 Å². The van der Waals surface area contributed by atoms with E-state index in [0.717, 1.165) is 49.8 Å². The van der Waals surface area contributed by atoms with Gasteiger partial charge in [0.25, 0.3) is 5.56 Å². The fourth-order valence-corrected chi connectivity index (χ4v) is 6.08. The molecule has 5 aromatic rings. The van der Waals surface area contributed by atoms with Crippen molar-refractivity contribution in [1.29, 1.82) is 0 Å². The van der Waals surface area contributed by atoms with E-state index in [1.807, 2.05) is 80.6 Å². The van der Waals surface area contributed by atoms with Crippen molar-refractivity contribution in [3.8, 4) is 16.9 Å². The van der Waals surface area contributed by atoms with Crippen molar-refractivity contribution in [1.82, 2.24) is 14.3 Å². The molecule has 0 saturated heterocycles. The van der Waals surface area contributed by atoms with Gasteiger partial charge in [-0.3, -0.25) is 19.3 Å². The quantitative estimate of drug-likeness (QED) is 0.121. The van der Waals surface area contributed by atoms with Crippen LogP contribution in [0, 0.1) is 13.8 Å². The van der Waals surface area contributed by atoms with Crippen molar-refractivity contribution in [2.75, 3.05) is 12.8 Å². The first-order valence-electron chi connectivity index (χ1n) is 13.6. The Bertz CT molecular complexity index is 1930. The first-order chi connectivity index (χ1) is 20.3. The first-order valence-corrected chi connectivity index (χ1v) is 14.6. The fourth-order valence-electron chi connectivity index (χ4n) is 5.27. The van der Waals surface area contributed by atoms with Crippen molar-refractivity contribution in [2.45, 2.75) is 32.2 Å². The Labute approximate surface area is 249 Å². The molecule has 0 radical (unpaired) electrons. The van der Waals surface area contributed by atoms with Crippen LogP contribution >= 0.6 is 11.8 Å². The molecule has 0 saturated carbocycles. The van der Waals surface area contributed by atoms with Crippen molar-refractivity contribution < 1.29 is 0 Å². The summed E-state index contributed by atoms with van der Waals surface area (Å²) in [5.41, 5.74) is 12.7. The topological polar surface area (TPSA) is 103 Å². The predicted molar refractivity (Wildman–Crippen MR) is 177 cm³/mol. The molecule has 9 heteroatoms. The maximum Gasteiger partial charge on any atom is 0.263 e. The zero-order valence-corrected chi connectivity index (χ0v) is 25.1. The Kier molecular flexibility index (Phi) is 8.22. The number of hydrogen-bond acceptors (Lipinski definition) is 6. The number of hydrogen-bond donors (Lipinski definition) is 1. The molecular weight excluding hydrogens is 542 g/mol. The van der Waals surface area contributed by atoms with E-state index in [2.05, 4.69) is 35.3 Å². The van der Waals surface area contributed by atoms with Crippen LogP contribution in [-0.2, 0) is 6.54 Å². The Morgan fingerprint density at radius 2 is 1.76 bits per heavy atom. The number of fused-ring (bicyclic) bond motifs is 1. The second-order valence-corrected chi connectivity index (χ2v) is 11.2. The number of nitrogens with two attached hydrogens (primary N) is 1. The monoisotopic (exact) mass is 575 g/mol. The van der Waals surface area contributed by atoms with Gasteiger partial charge in [-0.2, -0.15) is 5.10 Å². The lowest BCUT2D eigenvalue weighted by Gasteiger charge is -2.18. The van der Waals surface area contributed by atoms with E-state index in [1.54, 1.807) is 28.1 Å². The van der Waals surface area contributed by atoms with Crippen LogP contribution in [-0.4, -0.2) is 46.4 Å². The first kappa shape index (κ1) is 28.8. The molecule has 3 aromatic carbocycles. The van der Waals surface area contributed by atoms with Gasteiger partial charge in [0, 0.05) is 23.2 Å². The fraction of sp³-hybridized carbons (Fsp3) is 0.182. The summed E-state index contributed by atoms with van der Waals surface area (Å²) in [6, 6.07) is 21.7. The van der Waals surface area contributed by atoms with E-state index in [-0.39, 0.29) is 12.1 Å². The molecule has 0 aliphatic rings. The predicted octanol–water partition coefficient (Wildman–Crippen LogP) is 6.63. The minimum absolute atomic E-state index is 0.0843. The molecule has 42 heavy (non-hydrogen) atoms. The third kappa shape index (κ3) is 5.07. The molecule has 2 aromatic heterocycles. The maximum absolute atomic E-state index is 14.1. The van der Waals surface area contributed by atoms with Crippen LogP contribution in [0.5, 0.6) is 0 Å². The van der Waals surface area contributed by atoms with Crippen LogP contribution in [0.1, 0.15) is 29.3 Å².